The van der Waals surface area contributed by atoms with Crippen LogP contribution < -0.4 is 0 Å². The van der Waals surface area contributed by atoms with Gasteiger partial charge in [0.15, 0.2) is 0 Å². The van der Waals surface area contributed by atoms with Gasteiger partial charge in [0.25, 0.3) is 0 Å². The first-order valence-corrected chi connectivity index (χ1v) is 6.52. The molecule has 1 atom stereocenters. The Hall–Kier alpha value is -0.190. The van der Waals surface area contributed by atoms with Gasteiger partial charge in [-0.3, -0.25) is 4.21 Å². The minimum atomic E-state index is -0.828. The monoisotopic (exact) mass is 216 g/mol. The topological polar surface area (TPSA) is 26.3 Å². The van der Waals surface area contributed by atoms with Crippen LogP contribution in [0.1, 0.15) is 16.7 Å². The Morgan fingerprint density at radius 1 is 1.69 bits per heavy atom. The molecule has 0 fully saturated rings. The second-order valence-electron chi connectivity index (χ2n) is 2.96. The molecule has 0 amide bonds. The fourth-order valence-electron chi connectivity index (χ4n) is 1.34. The maximum Gasteiger partial charge on any atom is 0.0822 e. The van der Waals surface area contributed by atoms with Crippen molar-refractivity contribution in [1.82, 2.24) is 0 Å². The highest BCUT2D eigenvalue weighted by atomic mass is 32.2. The SMILES string of the molecule is CCc1cc2c(s1)COCCS2=O. The smallest absolute Gasteiger partial charge is 0.0822 e. The fraction of sp³-hybridized carbons (Fsp3) is 0.556. The number of hydrogen-bond acceptors (Lipinski definition) is 3. The lowest BCUT2D eigenvalue weighted by molar-refractivity contribution is 0.139. The maximum absolute atomic E-state index is 11.7. The summed E-state index contributed by atoms with van der Waals surface area (Å²) >= 11 is 1.73. The van der Waals surface area contributed by atoms with Crippen LogP contribution in [0.2, 0.25) is 0 Å². The first-order chi connectivity index (χ1) is 6.31. The van der Waals surface area contributed by atoms with Gasteiger partial charge in [0.2, 0.25) is 0 Å². The Bertz CT molecular complexity index is 330. The highest BCUT2D eigenvalue weighted by Gasteiger charge is 2.17. The third kappa shape index (κ3) is 1.85. The molecule has 0 spiro atoms. The van der Waals surface area contributed by atoms with Crippen molar-refractivity contribution in [3.8, 4) is 0 Å². The molecule has 13 heavy (non-hydrogen) atoms. The molecule has 0 radical (unpaired) electrons. The molecule has 4 heteroatoms. The molecule has 0 aromatic carbocycles. The van der Waals surface area contributed by atoms with Gasteiger partial charge >= 0.3 is 0 Å². The van der Waals surface area contributed by atoms with Crippen molar-refractivity contribution in [1.29, 1.82) is 0 Å². The van der Waals surface area contributed by atoms with Crippen LogP contribution in [0.15, 0.2) is 11.0 Å². The Labute approximate surface area is 84.4 Å². The molecule has 0 aliphatic carbocycles. The van der Waals surface area contributed by atoms with Crippen molar-refractivity contribution in [2.45, 2.75) is 24.8 Å². The van der Waals surface area contributed by atoms with Crippen molar-refractivity contribution in [3.05, 3.63) is 15.8 Å². The minimum Gasteiger partial charge on any atom is -0.375 e. The van der Waals surface area contributed by atoms with Crippen LogP contribution >= 0.6 is 11.3 Å². The molecule has 1 unspecified atom stereocenters. The van der Waals surface area contributed by atoms with Crippen molar-refractivity contribution in [2.75, 3.05) is 12.4 Å². The third-order valence-corrected chi connectivity index (χ3v) is 4.84. The summed E-state index contributed by atoms with van der Waals surface area (Å²) in [6, 6.07) is 2.07. The molecule has 2 rings (SSSR count). The summed E-state index contributed by atoms with van der Waals surface area (Å²) < 4.78 is 17.0. The second-order valence-corrected chi connectivity index (χ2v) is 5.72. The molecule has 0 N–H and O–H groups in total. The minimum absolute atomic E-state index is 0.621. The number of fused-ring (bicyclic) bond motifs is 1. The Kier molecular flexibility index (Phi) is 2.81. The van der Waals surface area contributed by atoms with Gasteiger partial charge in [-0.05, 0) is 12.5 Å². The van der Waals surface area contributed by atoms with E-state index >= 15 is 0 Å². The zero-order valence-electron chi connectivity index (χ0n) is 7.54. The predicted octanol–water partition coefficient (Wildman–Crippen LogP) is 1.95. The molecule has 1 aromatic rings. The molecule has 2 nitrogen and oxygen atoms in total. The van der Waals surface area contributed by atoms with Crippen LogP contribution in [-0.4, -0.2) is 16.6 Å². The van der Waals surface area contributed by atoms with E-state index < -0.39 is 10.8 Å². The molecule has 1 aromatic heterocycles. The van der Waals surface area contributed by atoms with Crippen LogP contribution in [-0.2, 0) is 28.6 Å². The van der Waals surface area contributed by atoms with Crippen molar-refractivity contribution in [2.24, 2.45) is 0 Å². The first-order valence-electron chi connectivity index (χ1n) is 4.39. The van der Waals surface area contributed by atoms with Crippen molar-refractivity contribution in [3.63, 3.8) is 0 Å². The summed E-state index contributed by atoms with van der Waals surface area (Å²) in [5.41, 5.74) is 0. The molecule has 0 saturated carbocycles. The van der Waals surface area contributed by atoms with E-state index in [1.54, 1.807) is 11.3 Å². The number of hydrogen-bond donors (Lipinski definition) is 0. The van der Waals surface area contributed by atoms with E-state index in [1.807, 2.05) is 0 Å². The molecule has 1 aliphatic rings. The Morgan fingerprint density at radius 3 is 3.31 bits per heavy atom. The van der Waals surface area contributed by atoms with E-state index in [2.05, 4.69) is 13.0 Å². The highest BCUT2D eigenvalue weighted by molar-refractivity contribution is 7.85. The average Bonchev–Trinajstić information content (AvgIpc) is 2.48. The molecule has 72 valence electrons. The van der Waals surface area contributed by atoms with Crippen LogP contribution in [0.4, 0.5) is 0 Å². The van der Waals surface area contributed by atoms with Crippen LogP contribution in [0.3, 0.4) is 0 Å². The van der Waals surface area contributed by atoms with Gasteiger partial charge in [0, 0.05) is 9.75 Å². The fourth-order valence-corrected chi connectivity index (χ4v) is 3.84. The number of ether oxygens (including phenoxy) is 1. The maximum atomic E-state index is 11.7. The quantitative estimate of drug-likeness (QED) is 0.717. The van der Waals surface area contributed by atoms with Gasteiger partial charge in [0.1, 0.15) is 0 Å². The lowest BCUT2D eigenvalue weighted by Gasteiger charge is -1.94. The van der Waals surface area contributed by atoms with E-state index in [9.17, 15) is 4.21 Å². The van der Waals surface area contributed by atoms with Crippen LogP contribution in [0.5, 0.6) is 0 Å². The van der Waals surface area contributed by atoms with Crippen LogP contribution in [0, 0.1) is 0 Å². The van der Waals surface area contributed by atoms with Gasteiger partial charge in [-0.2, -0.15) is 0 Å². The van der Waals surface area contributed by atoms with Gasteiger partial charge in [-0.25, -0.2) is 0 Å². The number of thiophene rings is 1. The van der Waals surface area contributed by atoms with Gasteiger partial charge in [-0.15, -0.1) is 11.3 Å². The van der Waals surface area contributed by atoms with Gasteiger partial charge in [0.05, 0.1) is 34.7 Å². The lowest BCUT2D eigenvalue weighted by atomic mass is 10.4. The summed E-state index contributed by atoms with van der Waals surface area (Å²) in [5, 5.41) is 0. The molecular formula is C9H12O2S2. The first kappa shape index (κ1) is 9.37. The van der Waals surface area contributed by atoms with E-state index in [4.69, 9.17) is 4.74 Å². The Morgan fingerprint density at radius 2 is 2.54 bits per heavy atom. The molecular weight excluding hydrogens is 204 g/mol. The summed E-state index contributed by atoms with van der Waals surface area (Å²) in [4.78, 5) is 3.48. The standard InChI is InChI=1S/C9H12O2S2/c1-2-7-5-9-8(12-7)6-11-3-4-13(9)10/h5H,2-4,6H2,1H3. The van der Waals surface area contributed by atoms with Crippen molar-refractivity contribution >= 4 is 22.1 Å². The second kappa shape index (κ2) is 3.90. The predicted molar refractivity (Wildman–Crippen MR) is 54.6 cm³/mol. The van der Waals surface area contributed by atoms with Crippen LogP contribution in [0.25, 0.3) is 0 Å². The molecule has 0 saturated heterocycles. The van der Waals surface area contributed by atoms with E-state index in [-0.39, 0.29) is 0 Å². The van der Waals surface area contributed by atoms with E-state index in [0.29, 0.717) is 19.0 Å². The summed E-state index contributed by atoms with van der Waals surface area (Å²) in [6.07, 6.45) is 1.02. The number of rotatable bonds is 1. The number of aryl methyl sites for hydroxylation is 1. The lowest BCUT2D eigenvalue weighted by Crippen LogP contribution is -2.00. The zero-order valence-corrected chi connectivity index (χ0v) is 9.17. The molecule has 2 heterocycles. The summed E-state index contributed by atoms with van der Waals surface area (Å²) in [6.45, 7) is 3.39. The summed E-state index contributed by atoms with van der Waals surface area (Å²) in [7, 11) is -0.828. The molecule has 0 bridgehead atoms. The van der Waals surface area contributed by atoms with Gasteiger partial charge in [-0.1, -0.05) is 6.92 Å². The van der Waals surface area contributed by atoms with Gasteiger partial charge < -0.3 is 4.74 Å². The normalized spacial score (nSPS) is 22.4. The summed E-state index contributed by atoms with van der Waals surface area (Å²) in [5.74, 6) is 0.646. The zero-order chi connectivity index (χ0) is 9.26. The molecule has 1 aliphatic heterocycles. The highest BCUT2D eigenvalue weighted by Crippen LogP contribution is 2.28. The van der Waals surface area contributed by atoms with E-state index in [1.165, 1.54) is 4.88 Å². The third-order valence-electron chi connectivity index (χ3n) is 2.06. The van der Waals surface area contributed by atoms with E-state index in [0.717, 1.165) is 16.2 Å². The largest absolute Gasteiger partial charge is 0.375 e. The Balaban J connectivity index is 2.39. The average molecular weight is 216 g/mol. The van der Waals surface area contributed by atoms with Crippen molar-refractivity contribution < 1.29 is 8.95 Å².